The number of benzene rings is 1. The van der Waals surface area contributed by atoms with E-state index in [1.165, 1.54) is 0 Å². The Labute approximate surface area is 118 Å². The van der Waals surface area contributed by atoms with Gasteiger partial charge in [0.25, 0.3) is 5.91 Å². The molecule has 1 aliphatic carbocycles. The third-order valence-corrected chi connectivity index (χ3v) is 3.63. The molecule has 2 atom stereocenters. The second-order valence-corrected chi connectivity index (χ2v) is 5.17. The van der Waals surface area contributed by atoms with Crippen molar-refractivity contribution in [3.8, 4) is 0 Å². The van der Waals surface area contributed by atoms with Gasteiger partial charge in [-0.1, -0.05) is 12.8 Å². The lowest BCUT2D eigenvalue weighted by Crippen LogP contribution is -2.47. The van der Waals surface area contributed by atoms with E-state index in [2.05, 4.69) is 5.32 Å². The Morgan fingerprint density at radius 1 is 1.05 bits per heavy atom. The number of carbonyl (C=O) groups is 1. The summed E-state index contributed by atoms with van der Waals surface area (Å²) in [5.74, 6) is -4.41. The number of rotatable bonds is 2. The molecule has 1 amide bonds. The third kappa shape index (κ3) is 3.92. The number of hydrogen-bond acceptors (Lipinski definition) is 1. The van der Waals surface area contributed by atoms with Crippen molar-refractivity contribution in [1.29, 1.82) is 0 Å². The summed E-state index contributed by atoms with van der Waals surface area (Å²) in [5, 5.41) is 2.25. The molecule has 2 unspecified atom stereocenters. The van der Waals surface area contributed by atoms with Gasteiger partial charge in [-0.15, -0.1) is 0 Å². The molecule has 1 aromatic rings. The molecule has 2 rings (SSSR count). The Morgan fingerprint density at radius 3 is 2.19 bits per heavy atom. The van der Waals surface area contributed by atoms with E-state index in [1.807, 2.05) is 0 Å². The predicted octanol–water partition coefficient (Wildman–Crippen LogP) is 3.82. The Hall–Kier alpha value is -1.66. The first kappa shape index (κ1) is 15.7. The van der Waals surface area contributed by atoms with Crippen LogP contribution in [0.3, 0.4) is 0 Å². The van der Waals surface area contributed by atoms with Crippen LogP contribution in [0.2, 0.25) is 0 Å². The molecule has 21 heavy (non-hydrogen) atoms. The maximum Gasteiger partial charge on any atom is 0.393 e. The van der Waals surface area contributed by atoms with Gasteiger partial charge in [0.05, 0.1) is 5.92 Å². The van der Waals surface area contributed by atoms with Crippen molar-refractivity contribution in [2.24, 2.45) is 5.92 Å². The largest absolute Gasteiger partial charge is 0.393 e. The Morgan fingerprint density at radius 2 is 1.62 bits per heavy atom. The molecule has 1 N–H and O–H groups in total. The summed E-state index contributed by atoms with van der Waals surface area (Å²) >= 11 is 0. The van der Waals surface area contributed by atoms with Gasteiger partial charge in [0.2, 0.25) is 0 Å². The smallest absolute Gasteiger partial charge is 0.349 e. The van der Waals surface area contributed by atoms with Crippen molar-refractivity contribution in [2.75, 3.05) is 0 Å². The molecular formula is C14H14F5NO. The van der Waals surface area contributed by atoms with Gasteiger partial charge < -0.3 is 5.32 Å². The number of amides is 1. The van der Waals surface area contributed by atoms with Crippen LogP contribution in [0, 0.1) is 17.6 Å². The summed E-state index contributed by atoms with van der Waals surface area (Å²) in [6.07, 6.45) is -3.22. The number of alkyl halides is 3. The average molecular weight is 307 g/mol. The fourth-order valence-electron chi connectivity index (χ4n) is 2.63. The highest BCUT2D eigenvalue weighted by molar-refractivity contribution is 5.94. The van der Waals surface area contributed by atoms with Crippen molar-refractivity contribution < 1.29 is 26.7 Å². The quantitative estimate of drug-likeness (QED) is 0.827. The SMILES string of the molecule is O=C(NC1CCCCC1C(F)(F)F)c1cc(F)cc(F)c1. The monoisotopic (exact) mass is 307 g/mol. The van der Waals surface area contributed by atoms with Gasteiger partial charge in [0.1, 0.15) is 11.6 Å². The molecule has 1 fully saturated rings. The minimum atomic E-state index is -4.40. The summed E-state index contributed by atoms with van der Waals surface area (Å²) in [7, 11) is 0. The van der Waals surface area contributed by atoms with Crippen LogP contribution in [0.1, 0.15) is 36.0 Å². The zero-order valence-corrected chi connectivity index (χ0v) is 11.0. The van der Waals surface area contributed by atoms with Gasteiger partial charge in [0, 0.05) is 17.7 Å². The van der Waals surface area contributed by atoms with Crippen molar-refractivity contribution in [3.05, 3.63) is 35.4 Å². The van der Waals surface area contributed by atoms with Gasteiger partial charge in [0.15, 0.2) is 0 Å². The molecule has 7 heteroatoms. The second-order valence-electron chi connectivity index (χ2n) is 5.17. The molecule has 116 valence electrons. The van der Waals surface area contributed by atoms with E-state index in [4.69, 9.17) is 0 Å². The van der Waals surface area contributed by atoms with Crippen LogP contribution in [-0.4, -0.2) is 18.1 Å². The fourth-order valence-corrected chi connectivity index (χ4v) is 2.63. The predicted molar refractivity (Wildman–Crippen MR) is 65.6 cm³/mol. The second kappa shape index (κ2) is 5.99. The maximum atomic E-state index is 13.0. The van der Waals surface area contributed by atoms with Crippen molar-refractivity contribution in [1.82, 2.24) is 5.32 Å². The molecule has 0 heterocycles. The van der Waals surface area contributed by atoms with Crippen LogP contribution < -0.4 is 5.32 Å². The maximum absolute atomic E-state index is 13.0. The van der Waals surface area contributed by atoms with Gasteiger partial charge in [-0.2, -0.15) is 13.2 Å². The first-order chi connectivity index (χ1) is 9.77. The number of hydrogen-bond donors (Lipinski definition) is 1. The van der Waals surface area contributed by atoms with Crippen LogP contribution in [0.5, 0.6) is 0 Å². The van der Waals surface area contributed by atoms with E-state index in [0.717, 1.165) is 12.1 Å². The standard InChI is InChI=1S/C14H14F5NO/c15-9-5-8(6-10(16)7-9)13(21)20-12-4-2-1-3-11(12)14(17,18)19/h5-7,11-12H,1-4H2,(H,20,21). The zero-order valence-electron chi connectivity index (χ0n) is 11.0. The molecule has 1 aliphatic rings. The minimum Gasteiger partial charge on any atom is -0.349 e. The van der Waals surface area contributed by atoms with Crippen molar-refractivity contribution in [2.45, 2.75) is 37.9 Å². The summed E-state index contributed by atoms with van der Waals surface area (Å²) in [5.41, 5.74) is -0.320. The van der Waals surface area contributed by atoms with Crippen molar-refractivity contribution in [3.63, 3.8) is 0 Å². The lowest BCUT2D eigenvalue weighted by Gasteiger charge is -2.33. The minimum absolute atomic E-state index is 0.0496. The van der Waals surface area contributed by atoms with E-state index in [0.29, 0.717) is 18.9 Å². The average Bonchev–Trinajstić information content (AvgIpc) is 2.37. The normalized spacial score (nSPS) is 22.9. The molecule has 1 aromatic carbocycles. The molecular weight excluding hydrogens is 293 g/mol. The summed E-state index contributed by atoms with van der Waals surface area (Å²) < 4.78 is 64.8. The van der Waals surface area contributed by atoms with Gasteiger partial charge in [-0.05, 0) is 25.0 Å². The molecule has 0 aliphatic heterocycles. The van der Waals surface area contributed by atoms with Crippen LogP contribution in [-0.2, 0) is 0 Å². The molecule has 0 radical (unpaired) electrons. The van der Waals surface area contributed by atoms with Gasteiger partial charge in [-0.3, -0.25) is 4.79 Å². The van der Waals surface area contributed by atoms with Crippen LogP contribution >= 0.6 is 0 Å². The Kier molecular flexibility index (Phi) is 4.49. The molecule has 2 nitrogen and oxygen atoms in total. The summed E-state index contributed by atoms with van der Waals surface area (Å²) in [6.45, 7) is 0. The molecule has 0 bridgehead atoms. The molecule has 0 spiro atoms. The highest BCUT2D eigenvalue weighted by atomic mass is 19.4. The highest BCUT2D eigenvalue weighted by Crippen LogP contribution is 2.37. The number of halogens is 5. The van der Waals surface area contributed by atoms with Crippen LogP contribution in [0.4, 0.5) is 22.0 Å². The fraction of sp³-hybridized carbons (Fsp3) is 0.500. The lowest BCUT2D eigenvalue weighted by molar-refractivity contribution is -0.187. The third-order valence-electron chi connectivity index (χ3n) is 3.63. The van der Waals surface area contributed by atoms with Crippen LogP contribution in [0.15, 0.2) is 18.2 Å². The highest BCUT2D eigenvalue weighted by Gasteiger charge is 2.46. The number of nitrogens with one attached hydrogen (secondary N) is 1. The summed E-state index contributed by atoms with van der Waals surface area (Å²) in [4.78, 5) is 11.9. The van der Waals surface area contributed by atoms with E-state index in [1.54, 1.807) is 0 Å². The van der Waals surface area contributed by atoms with Gasteiger partial charge in [-0.25, -0.2) is 8.78 Å². The van der Waals surface area contributed by atoms with E-state index >= 15 is 0 Å². The van der Waals surface area contributed by atoms with E-state index in [9.17, 15) is 26.7 Å². The molecule has 0 saturated heterocycles. The van der Waals surface area contributed by atoms with Crippen molar-refractivity contribution >= 4 is 5.91 Å². The molecule has 1 saturated carbocycles. The van der Waals surface area contributed by atoms with Crippen LogP contribution in [0.25, 0.3) is 0 Å². The topological polar surface area (TPSA) is 29.1 Å². The molecule has 0 aromatic heterocycles. The first-order valence-electron chi connectivity index (χ1n) is 6.61. The Bertz CT molecular complexity index is 508. The lowest BCUT2D eigenvalue weighted by atomic mass is 9.84. The number of carbonyl (C=O) groups excluding carboxylic acids is 1. The van der Waals surface area contributed by atoms with Gasteiger partial charge >= 0.3 is 6.18 Å². The summed E-state index contributed by atoms with van der Waals surface area (Å²) in [6, 6.07) is 1.13. The zero-order chi connectivity index (χ0) is 15.6. The van der Waals surface area contributed by atoms with E-state index in [-0.39, 0.29) is 18.4 Å². The van der Waals surface area contributed by atoms with E-state index < -0.39 is 35.7 Å². The Balaban J connectivity index is 2.13. The first-order valence-corrected chi connectivity index (χ1v) is 6.61.